The molecule has 3 N–H and O–H groups in total. The smallest absolute Gasteiger partial charge is 0.184 e. The van der Waals surface area contributed by atoms with Gasteiger partial charge in [0.25, 0.3) is 0 Å². The number of benzene rings is 2. The Labute approximate surface area is 137 Å². The topological polar surface area (TPSA) is 59.6 Å². The second kappa shape index (κ2) is 7.72. The van der Waals surface area contributed by atoms with Crippen LogP contribution in [0.3, 0.4) is 0 Å². The van der Waals surface area contributed by atoms with Crippen molar-refractivity contribution in [1.29, 1.82) is 0 Å². The van der Waals surface area contributed by atoms with E-state index in [1.165, 1.54) is 6.07 Å². The summed E-state index contributed by atoms with van der Waals surface area (Å²) >= 11 is 10.6. The van der Waals surface area contributed by atoms with Crippen molar-refractivity contribution in [3.05, 3.63) is 64.4 Å². The highest BCUT2D eigenvalue weighted by molar-refractivity contribution is 7.80. The molecule has 22 heavy (non-hydrogen) atoms. The Morgan fingerprint density at radius 1 is 1.32 bits per heavy atom. The van der Waals surface area contributed by atoms with Crippen molar-refractivity contribution >= 4 is 35.1 Å². The van der Waals surface area contributed by atoms with Gasteiger partial charge in [-0.3, -0.25) is 5.43 Å². The number of ether oxygens (including phenoxy) is 1. The van der Waals surface area contributed by atoms with Gasteiger partial charge in [0, 0.05) is 5.56 Å². The third-order valence-corrected chi connectivity index (χ3v) is 3.16. The van der Waals surface area contributed by atoms with E-state index in [9.17, 15) is 4.39 Å². The number of nitrogens with one attached hydrogen (secondary N) is 1. The highest BCUT2D eigenvalue weighted by Crippen LogP contribution is 2.21. The number of nitrogens with zero attached hydrogens (tertiary/aromatic N) is 1. The van der Waals surface area contributed by atoms with Crippen LogP contribution in [0, 0.1) is 5.82 Å². The molecule has 0 aliphatic rings. The standard InChI is InChI=1S/C15H13ClFN3OS/c16-13-2-1-3-14(17)12(13)9-21-11-6-4-10(5-7-11)8-19-20-15(18)22/h1-8H,9H2,(H3,18,20,22)/b19-8-. The lowest BCUT2D eigenvalue weighted by molar-refractivity contribution is 0.300. The first-order valence-corrected chi connectivity index (χ1v) is 7.09. The predicted molar refractivity (Wildman–Crippen MR) is 89.7 cm³/mol. The van der Waals surface area contributed by atoms with Crippen molar-refractivity contribution < 1.29 is 9.13 Å². The zero-order valence-corrected chi connectivity index (χ0v) is 13.0. The molecular formula is C15H13ClFN3OS. The molecule has 2 aromatic rings. The Balaban J connectivity index is 1.97. The molecule has 0 unspecified atom stereocenters. The second-order valence-corrected chi connectivity index (χ2v) is 5.14. The normalized spacial score (nSPS) is 10.6. The molecule has 0 amide bonds. The van der Waals surface area contributed by atoms with Crippen LogP contribution in [-0.2, 0) is 6.61 Å². The van der Waals surface area contributed by atoms with Gasteiger partial charge in [-0.25, -0.2) is 4.39 Å². The Bertz CT molecular complexity index is 671. The van der Waals surface area contributed by atoms with E-state index in [1.54, 1.807) is 42.6 Å². The first-order valence-electron chi connectivity index (χ1n) is 6.30. The quantitative estimate of drug-likeness (QED) is 0.499. The summed E-state index contributed by atoms with van der Waals surface area (Å²) in [6, 6.07) is 11.6. The lowest BCUT2D eigenvalue weighted by Gasteiger charge is -2.08. The number of halogens is 2. The predicted octanol–water partition coefficient (Wildman–Crippen LogP) is 3.23. The number of hydrogen-bond acceptors (Lipinski definition) is 3. The van der Waals surface area contributed by atoms with Crippen molar-refractivity contribution in [1.82, 2.24) is 5.43 Å². The third kappa shape index (κ3) is 4.68. The van der Waals surface area contributed by atoms with Gasteiger partial charge in [0.2, 0.25) is 0 Å². The van der Waals surface area contributed by atoms with Gasteiger partial charge in [-0.15, -0.1) is 0 Å². The van der Waals surface area contributed by atoms with Crippen molar-refractivity contribution in [2.45, 2.75) is 6.61 Å². The zero-order valence-electron chi connectivity index (χ0n) is 11.4. The van der Waals surface area contributed by atoms with E-state index >= 15 is 0 Å². The van der Waals surface area contributed by atoms with E-state index in [4.69, 9.17) is 22.1 Å². The SMILES string of the molecule is NC(=S)N/N=C\c1ccc(OCc2c(F)cccc2Cl)cc1. The van der Waals surface area contributed by atoms with Gasteiger partial charge in [-0.2, -0.15) is 5.10 Å². The zero-order chi connectivity index (χ0) is 15.9. The maximum atomic E-state index is 13.6. The molecule has 114 valence electrons. The van der Waals surface area contributed by atoms with Crippen LogP contribution in [0.5, 0.6) is 5.75 Å². The van der Waals surface area contributed by atoms with E-state index in [-0.39, 0.29) is 17.5 Å². The maximum Gasteiger partial charge on any atom is 0.184 e. The summed E-state index contributed by atoms with van der Waals surface area (Å²) in [6.07, 6.45) is 1.57. The van der Waals surface area contributed by atoms with Crippen molar-refractivity contribution in [2.75, 3.05) is 0 Å². The average Bonchev–Trinajstić information content (AvgIpc) is 2.48. The van der Waals surface area contributed by atoms with Crippen LogP contribution in [0.1, 0.15) is 11.1 Å². The highest BCUT2D eigenvalue weighted by Gasteiger charge is 2.07. The Kier molecular flexibility index (Phi) is 5.68. The van der Waals surface area contributed by atoms with Gasteiger partial charge < -0.3 is 10.5 Å². The Morgan fingerprint density at radius 2 is 2.05 bits per heavy atom. The molecule has 0 aliphatic carbocycles. The van der Waals surface area contributed by atoms with Gasteiger partial charge in [0.15, 0.2) is 5.11 Å². The molecule has 4 nitrogen and oxygen atoms in total. The van der Waals surface area contributed by atoms with E-state index in [2.05, 4.69) is 22.7 Å². The first-order chi connectivity index (χ1) is 10.6. The van der Waals surface area contributed by atoms with Gasteiger partial charge in [0.1, 0.15) is 18.2 Å². The van der Waals surface area contributed by atoms with Gasteiger partial charge in [-0.1, -0.05) is 17.7 Å². The number of rotatable bonds is 5. The molecule has 2 rings (SSSR count). The van der Waals surface area contributed by atoms with Crippen LogP contribution >= 0.6 is 23.8 Å². The van der Waals surface area contributed by atoms with E-state index in [1.807, 2.05) is 0 Å². The monoisotopic (exact) mass is 337 g/mol. The second-order valence-electron chi connectivity index (χ2n) is 4.29. The third-order valence-electron chi connectivity index (χ3n) is 2.71. The van der Waals surface area contributed by atoms with E-state index < -0.39 is 0 Å². The molecule has 0 heterocycles. The number of hydrazone groups is 1. The van der Waals surface area contributed by atoms with E-state index in [0.717, 1.165) is 5.56 Å². The lowest BCUT2D eigenvalue weighted by Crippen LogP contribution is -2.23. The molecule has 2 aromatic carbocycles. The molecule has 0 radical (unpaired) electrons. The lowest BCUT2D eigenvalue weighted by atomic mass is 10.2. The minimum absolute atomic E-state index is 0.0575. The minimum Gasteiger partial charge on any atom is -0.489 e. The molecule has 0 aromatic heterocycles. The number of hydrogen-bond donors (Lipinski definition) is 2. The average molecular weight is 338 g/mol. The summed E-state index contributed by atoms with van der Waals surface area (Å²) in [5.41, 5.74) is 8.87. The largest absolute Gasteiger partial charge is 0.489 e. The summed E-state index contributed by atoms with van der Waals surface area (Å²) in [5.74, 6) is 0.207. The van der Waals surface area contributed by atoms with Gasteiger partial charge >= 0.3 is 0 Å². The summed E-state index contributed by atoms with van der Waals surface area (Å²) in [4.78, 5) is 0. The maximum absolute atomic E-state index is 13.6. The van der Waals surface area contributed by atoms with Crippen molar-refractivity contribution in [3.8, 4) is 5.75 Å². The molecule has 0 saturated heterocycles. The molecule has 0 atom stereocenters. The molecule has 7 heteroatoms. The molecular weight excluding hydrogens is 325 g/mol. The first kappa shape index (κ1) is 16.2. The summed E-state index contributed by atoms with van der Waals surface area (Å²) in [6.45, 7) is 0.0575. The highest BCUT2D eigenvalue weighted by atomic mass is 35.5. The number of thiocarbonyl (C=S) groups is 1. The van der Waals surface area contributed by atoms with Gasteiger partial charge in [0.05, 0.1) is 11.2 Å². The minimum atomic E-state index is -0.389. The van der Waals surface area contributed by atoms with Crippen LogP contribution in [0.15, 0.2) is 47.6 Å². The summed E-state index contributed by atoms with van der Waals surface area (Å²) in [5, 5.41) is 4.27. The fourth-order valence-corrected chi connectivity index (χ4v) is 1.92. The fourth-order valence-electron chi connectivity index (χ4n) is 1.65. The number of nitrogens with two attached hydrogens (primary N) is 1. The Hall–Kier alpha value is -2.18. The summed E-state index contributed by atoms with van der Waals surface area (Å²) < 4.78 is 19.1. The van der Waals surface area contributed by atoms with Crippen LogP contribution in [0.2, 0.25) is 5.02 Å². The van der Waals surface area contributed by atoms with Gasteiger partial charge in [-0.05, 0) is 54.2 Å². The van der Waals surface area contributed by atoms with Crippen LogP contribution in [0.4, 0.5) is 4.39 Å². The molecule has 0 fully saturated rings. The Morgan fingerprint density at radius 3 is 2.68 bits per heavy atom. The molecule has 0 aliphatic heterocycles. The summed E-state index contributed by atoms with van der Waals surface area (Å²) in [7, 11) is 0. The molecule has 0 saturated carbocycles. The fraction of sp³-hybridized carbons (Fsp3) is 0.0667. The van der Waals surface area contributed by atoms with Crippen LogP contribution in [-0.4, -0.2) is 11.3 Å². The molecule has 0 bridgehead atoms. The van der Waals surface area contributed by atoms with Crippen molar-refractivity contribution in [2.24, 2.45) is 10.8 Å². The van der Waals surface area contributed by atoms with E-state index in [0.29, 0.717) is 16.3 Å². The molecule has 0 spiro atoms. The van der Waals surface area contributed by atoms with Crippen molar-refractivity contribution in [3.63, 3.8) is 0 Å². The van der Waals surface area contributed by atoms with Crippen LogP contribution in [0.25, 0.3) is 0 Å². The van der Waals surface area contributed by atoms with Crippen LogP contribution < -0.4 is 15.9 Å².